The predicted octanol–water partition coefficient (Wildman–Crippen LogP) is 2.46. The Labute approximate surface area is 92.6 Å². The van der Waals surface area contributed by atoms with Crippen LogP contribution in [0.15, 0.2) is 24.3 Å². The van der Waals surface area contributed by atoms with Gasteiger partial charge in [0.15, 0.2) is 0 Å². The van der Waals surface area contributed by atoms with Crippen LogP contribution in [0, 0.1) is 11.3 Å². The van der Waals surface area contributed by atoms with Crippen LogP contribution in [-0.2, 0) is 0 Å². The third kappa shape index (κ3) is 3.83. The van der Waals surface area contributed by atoms with E-state index in [4.69, 9.17) is 5.26 Å². The molecule has 0 aliphatic carbocycles. The lowest BCUT2D eigenvalue weighted by molar-refractivity contribution is -0.0498. The van der Waals surface area contributed by atoms with Crippen molar-refractivity contribution >= 4 is 0 Å². The van der Waals surface area contributed by atoms with Crippen LogP contribution < -0.4 is 10.1 Å². The molecule has 0 heterocycles. The number of alkyl halides is 2. The van der Waals surface area contributed by atoms with Gasteiger partial charge in [0.1, 0.15) is 5.75 Å². The zero-order valence-electron chi connectivity index (χ0n) is 8.78. The number of benzene rings is 1. The Bertz CT molecular complexity index is 359. The van der Waals surface area contributed by atoms with Gasteiger partial charge in [0.2, 0.25) is 0 Å². The standard InChI is InChI=1S/C11H12F2N2O/c1-8(15-7-6-14)9-2-4-10(5-3-9)16-11(12)13/h2-5,8,11,15H,7H2,1H3/t8-/m0/s1. The highest BCUT2D eigenvalue weighted by Gasteiger charge is 2.06. The van der Waals surface area contributed by atoms with E-state index in [9.17, 15) is 8.78 Å². The first-order valence-electron chi connectivity index (χ1n) is 4.78. The van der Waals surface area contributed by atoms with Gasteiger partial charge < -0.3 is 4.74 Å². The Hall–Kier alpha value is -1.67. The highest BCUT2D eigenvalue weighted by atomic mass is 19.3. The lowest BCUT2D eigenvalue weighted by Gasteiger charge is -2.12. The van der Waals surface area contributed by atoms with Crippen molar-refractivity contribution in [1.82, 2.24) is 5.32 Å². The maximum atomic E-state index is 11.9. The topological polar surface area (TPSA) is 45.0 Å². The fourth-order valence-electron chi connectivity index (χ4n) is 1.25. The first-order chi connectivity index (χ1) is 7.63. The van der Waals surface area contributed by atoms with Crippen LogP contribution in [0.1, 0.15) is 18.5 Å². The van der Waals surface area contributed by atoms with Crippen LogP contribution in [-0.4, -0.2) is 13.2 Å². The summed E-state index contributed by atoms with van der Waals surface area (Å²) in [7, 11) is 0. The van der Waals surface area contributed by atoms with Crippen LogP contribution in [0.25, 0.3) is 0 Å². The minimum atomic E-state index is -2.81. The van der Waals surface area contributed by atoms with Crippen molar-refractivity contribution < 1.29 is 13.5 Å². The Morgan fingerprint density at radius 3 is 2.50 bits per heavy atom. The first kappa shape index (κ1) is 12.4. The summed E-state index contributed by atoms with van der Waals surface area (Å²) in [4.78, 5) is 0. The highest BCUT2D eigenvalue weighted by Crippen LogP contribution is 2.18. The van der Waals surface area contributed by atoms with Crippen molar-refractivity contribution in [1.29, 1.82) is 5.26 Å². The maximum Gasteiger partial charge on any atom is 0.387 e. The number of ether oxygens (including phenoxy) is 1. The SMILES string of the molecule is C[C@H](NCC#N)c1ccc(OC(F)F)cc1. The molecule has 0 aliphatic heterocycles. The Balaban J connectivity index is 2.60. The molecule has 16 heavy (non-hydrogen) atoms. The van der Waals surface area contributed by atoms with Crippen molar-refractivity contribution in [2.45, 2.75) is 19.6 Å². The van der Waals surface area contributed by atoms with E-state index < -0.39 is 6.61 Å². The van der Waals surface area contributed by atoms with Crippen molar-refractivity contribution in [3.05, 3.63) is 29.8 Å². The van der Waals surface area contributed by atoms with Crippen LogP contribution >= 0.6 is 0 Å². The average Bonchev–Trinajstić information content (AvgIpc) is 2.26. The fraction of sp³-hybridized carbons (Fsp3) is 0.364. The molecule has 1 rings (SSSR count). The molecule has 0 radical (unpaired) electrons. The van der Waals surface area contributed by atoms with E-state index in [-0.39, 0.29) is 18.3 Å². The number of halogens is 2. The summed E-state index contributed by atoms with van der Waals surface area (Å²) in [6, 6.07) is 8.30. The minimum absolute atomic E-state index is 0.000231. The molecule has 1 aromatic carbocycles. The number of nitrogens with one attached hydrogen (secondary N) is 1. The number of hydrogen-bond donors (Lipinski definition) is 1. The molecule has 86 valence electrons. The van der Waals surface area contributed by atoms with Crippen LogP contribution in [0.3, 0.4) is 0 Å². The van der Waals surface area contributed by atoms with E-state index in [1.807, 2.05) is 13.0 Å². The lowest BCUT2D eigenvalue weighted by Crippen LogP contribution is -2.18. The molecule has 0 amide bonds. The molecule has 0 bridgehead atoms. The molecule has 3 nitrogen and oxygen atoms in total. The highest BCUT2D eigenvalue weighted by molar-refractivity contribution is 5.29. The van der Waals surface area contributed by atoms with Crippen molar-refractivity contribution in [2.24, 2.45) is 0 Å². The molecule has 0 spiro atoms. The number of nitriles is 1. The lowest BCUT2D eigenvalue weighted by atomic mass is 10.1. The fourth-order valence-corrected chi connectivity index (χ4v) is 1.25. The first-order valence-corrected chi connectivity index (χ1v) is 4.78. The van der Waals surface area contributed by atoms with E-state index in [0.29, 0.717) is 0 Å². The quantitative estimate of drug-likeness (QED) is 0.784. The van der Waals surface area contributed by atoms with Gasteiger partial charge >= 0.3 is 6.61 Å². The molecule has 0 aliphatic rings. The molecule has 1 aromatic rings. The summed E-state index contributed by atoms with van der Waals surface area (Å²) in [6.45, 7) is -0.670. The summed E-state index contributed by atoms with van der Waals surface area (Å²) in [6.07, 6.45) is 0. The van der Waals surface area contributed by atoms with Crippen molar-refractivity contribution in [3.63, 3.8) is 0 Å². The van der Waals surface area contributed by atoms with Crippen LogP contribution in [0.5, 0.6) is 5.75 Å². The Kier molecular flexibility index (Phi) is 4.67. The molecule has 0 saturated carbocycles. The van der Waals surface area contributed by atoms with Crippen molar-refractivity contribution in [3.8, 4) is 11.8 Å². The number of hydrogen-bond acceptors (Lipinski definition) is 3. The molecule has 0 unspecified atom stereocenters. The van der Waals surface area contributed by atoms with Gasteiger partial charge in [-0.3, -0.25) is 5.32 Å². The van der Waals surface area contributed by atoms with Gasteiger partial charge in [0, 0.05) is 6.04 Å². The molecular formula is C11H12F2N2O. The summed E-state index contributed by atoms with van der Waals surface area (Å²) in [5, 5.41) is 11.3. The van der Waals surface area contributed by atoms with Gasteiger partial charge in [0.05, 0.1) is 12.6 Å². The van der Waals surface area contributed by atoms with Gasteiger partial charge in [-0.05, 0) is 24.6 Å². The second-order valence-corrected chi connectivity index (χ2v) is 3.21. The molecule has 5 heteroatoms. The van der Waals surface area contributed by atoms with Gasteiger partial charge in [0.25, 0.3) is 0 Å². The number of nitrogens with zero attached hydrogens (tertiary/aromatic N) is 1. The van der Waals surface area contributed by atoms with Gasteiger partial charge in [-0.15, -0.1) is 0 Å². The maximum absolute atomic E-state index is 11.9. The largest absolute Gasteiger partial charge is 0.435 e. The molecule has 1 N–H and O–H groups in total. The Morgan fingerprint density at radius 1 is 1.38 bits per heavy atom. The molecule has 0 saturated heterocycles. The van der Waals surface area contributed by atoms with E-state index in [1.165, 1.54) is 12.1 Å². The second-order valence-electron chi connectivity index (χ2n) is 3.21. The Morgan fingerprint density at radius 2 is 2.00 bits per heavy atom. The van der Waals surface area contributed by atoms with Crippen LogP contribution in [0.2, 0.25) is 0 Å². The van der Waals surface area contributed by atoms with Crippen molar-refractivity contribution in [2.75, 3.05) is 6.54 Å². The van der Waals surface area contributed by atoms with E-state index >= 15 is 0 Å². The van der Waals surface area contributed by atoms with Gasteiger partial charge in [-0.1, -0.05) is 12.1 Å². The van der Waals surface area contributed by atoms with E-state index in [0.717, 1.165) is 5.56 Å². The molecule has 0 aromatic heterocycles. The molecule has 0 fully saturated rings. The zero-order valence-corrected chi connectivity index (χ0v) is 8.78. The normalized spacial score (nSPS) is 12.2. The van der Waals surface area contributed by atoms with Gasteiger partial charge in [-0.25, -0.2) is 0 Å². The third-order valence-corrected chi connectivity index (χ3v) is 2.09. The number of rotatable bonds is 5. The monoisotopic (exact) mass is 226 g/mol. The molecular weight excluding hydrogens is 214 g/mol. The smallest absolute Gasteiger partial charge is 0.387 e. The summed E-state index contributed by atoms with van der Waals surface area (Å²) in [5.41, 5.74) is 0.914. The van der Waals surface area contributed by atoms with Gasteiger partial charge in [-0.2, -0.15) is 14.0 Å². The molecule has 1 atom stereocenters. The predicted molar refractivity (Wildman–Crippen MR) is 55.1 cm³/mol. The zero-order chi connectivity index (χ0) is 12.0. The summed E-state index contributed by atoms with van der Waals surface area (Å²) in [5.74, 6) is 0.131. The average molecular weight is 226 g/mol. The summed E-state index contributed by atoms with van der Waals surface area (Å²) < 4.78 is 28.0. The minimum Gasteiger partial charge on any atom is -0.435 e. The second kappa shape index (κ2) is 6.03. The third-order valence-electron chi connectivity index (χ3n) is 2.09. The van der Waals surface area contributed by atoms with Crippen LogP contribution in [0.4, 0.5) is 8.78 Å². The van der Waals surface area contributed by atoms with E-state index in [2.05, 4.69) is 10.1 Å². The van der Waals surface area contributed by atoms with E-state index in [1.54, 1.807) is 12.1 Å². The summed E-state index contributed by atoms with van der Waals surface area (Å²) >= 11 is 0.